The van der Waals surface area contributed by atoms with Crippen molar-refractivity contribution >= 4 is 40.6 Å². The lowest BCUT2D eigenvalue weighted by Crippen LogP contribution is -2.39. The van der Waals surface area contributed by atoms with Crippen molar-refractivity contribution < 1.29 is 14.3 Å². The van der Waals surface area contributed by atoms with E-state index in [1.54, 1.807) is 46.6 Å². The fourth-order valence-electron chi connectivity index (χ4n) is 2.85. The molecule has 1 aromatic heterocycles. The second kappa shape index (κ2) is 9.16. The highest BCUT2D eigenvalue weighted by molar-refractivity contribution is 7.09. The number of urea groups is 1. The van der Waals surface area contributed by atoms with Gasteiger partial charge in [0.15, 0.2) is 0 Å². The normalized spacial score (nSPS) is 14.7. The fourth-order valence-corrected chi connectivity index (χ4v) is 3.78. The van der Waals surface area contributed by atoms with Crippen molar-refractivity contribution in [1.82, 2.24) is 14.8 Å². The van der Waals surface area contributed by atoms with Gasteiger partial charge in [0, 0.05) is 49.4 Å². The Morgan fingerprint density at radius 1 is 1.26 bits per heavy atom. The summed E-state index contributed by atoms with van der Waals surface area (Å²) in [6.45, 7) is 2.51. The summed E-state index contributed by atoms with van der Waals surface area (Å²) < 4.78 is 5.05. The van der Waals surface area contributed by atoms with Crippen LogP contribution in [0.1, 0.15) is 21.9 Å². The summed E-state index contributed by atoms with van der Waals surface area (Å²) in [5.41, 5.74) is 1.08. The summed E-state index contributed by atoms with van der Waals surface area (Å²) in [7, 11) is 1.60. The molecule has 0 bridgehead atoms. The van der Waals surface area contributed by atoms with E-state index in [1.807, 2.05) is 0 Å². The quantitative estimate of drug-likeness (QED) is 0.842. The van der Waals surface area contributed by atoms with Crippen molar-refractivity contribution in [3.63, 3.8) is 0 Å². The highest BCUT2D eigenvalue weighted by Crippen LogP contribution is 2.17. The molecular weight excluding hydrogens is 388 g/mol. The number of nitrogens with one attached hydrogen (secondary N) is 1. The minimum atomic E-state index is -0.192. The number of hydrogen-bond acceptors (Lipinski definition) is 5. The molecular formula is C18H21ClN4O3S. The van der Waals surface area contributed by atoms with Crippen molar-refractivity contribution in [1.29, 1.82) is 0 Å². The smallest absolute Gasteiger partial charge is 0.321 e. The standard InChI is InChI=1S/C18H21ClN4O3S/c1-26-11-16-21-15(12-27-16)17(24)22-6-3-7-23(9-8-22)18(25)20-14-5-2-4-13(19)10-14/h2,4-5,10,12H,3,6-9,11H2,1H3,(H,20,25). The van der Waals surface area contributed by atoms with Gasteiger partial charge in [0.1, 0.15) is 10.7 Å². The van der Waals surface area contributed by atoms with Gasteiger partial charge in [-0.3, -0.25) is 4.79 Å². The number of ether oxygens (including phenoxy) is 1. The SMILES string of the molecule is COCc1nc(C(=O)N2CCCN(C(=O)Nc3cccc(Cl)c3)CC2)cs1. The van der Waals surface area contributed by atoms with Crippen LogP contribution in [-0.4, -0.2) is 60.0 Å². The van der Waals surface area contributed by atoms with Crippen LogP contribution in [0.3, 0.4) is 0 Å². The summed E-state index contributed by atoms with van der Waals surface area (Å²) in [6, 6.07) is 6.84. The molecule has 0 aliphatic carbocycles. The first-order valence-electron chi connectivity index (χ1n) is 8.61. The molecule has 1 N–H and O–H groups in total. The molecule has 27 heavy (non-hydrogen) atoms. The number of methoxy groups -OCH3 is 1. The Morgan fingerprint density at radius 3 is 2.81 bits per heavy atom. The molecule has 9 heteroatoms. The number of benzene rings is 1. The lowest BCUT2D eigenvalue weighted by atomic mass is 10.3. The Kier molecular flexibility index (Phi) is 6.65. The van der Waals surface area contributed by atoms with Crippen LogP contribution in [0.25, 0.3) is 0 Å². The van der Waals surface area contributed by atoms with Gasteiger partial charge in [0.05, 0.1) is 6.61 Å². The number of thiazole rings is 1. The van der Waals surface area contributed by atoms with Gasteiger partial charge in [0.25, 0.3) is 5.91 Å². The number of halogens is 1. The number of aromatic nitrogens is 1. The maximum atomic E-state index is 12.7. The van der Waals surface area contributed by atoms with Gasteiger partial charge in [0.2, 0.25) is 0 Å². The van der Waals surface area contributed by atoms with Gasteiger partial charge in [-0.15, -0.1) is 11.3 Å². The van der Waals surface area contributed by atoms with Gasteiger partial charge in [-0.2, -0.15) is 0 Å². The Morgan fingerprint density at radius 2 is 2.04 bits per heavy atom. The molecule has 2 aromatic rings. The Bertz CT molecular complexity index is 813. The molecule has 0 radical (unpaired) electrons. The predicted octanol–water partition coefficient (Wildman–Crippen LogP) is 3.32. The van der Waals surface area contributed by atoms with Crippen LogP contribution >= 0.6 is 22.9 Å². The van der Waals surface area contributed by atoms with Crippen molar-refractivity contribution in [2.24, 2.45) is 0 Å². The molecule has 144 valence electrons. The van der Waals surface area contributed by atoms with E-state index in [0.29, 0.717) is 55.6 Å². The molecule has 7 nitrogen and oxygen atoms in total. The Labute approximate surface area is 166 Å². The molecule has 1 saturated heterocycles. The average Bonchev–Trinajstić information content (AvgIpc) is 2.97. The van der Waals surface area contributed by atoms with Crippen LogP contribution in [0.2, 0.25) is 5.02 Å². The molecule has 0 unspecified atom stereocenters. The second-order valence-corrected chi connectivity index (χ2v) is 7.51. The van der Waals surface area contributed by atoms with Crippen LogP contribution in [0.4, 0.5) is 10.5 Å². The molecule has 0 saturated carbocycles. The maximum Gasteiger partial charge on any atom is 0.321 e. The average molecular weight is 409 g/mol. The third kappa shape index (κ3) is 5.18. The van der Waals surface area contributed by atoms with E-state index in [1.165, 1.54) is 11.3 Å². The topological polar surface area (TPSA) is 74.8 Å². The number of rotatable bonds is 4. The van der Waals surface area contributed by atoms with Crippen LogP contribution in [0.15, 0.2) is 29.6 Å². The van der Waals surface area contributed by atoms with Crippen LogP contribution < -0.4 is 5.32 Å². The third-order valence-corrected chi connectivity index (χ3v) is 5.24. The van der Waals surface area contributed by atoms with Crippen LogP contribution in [-0.2, 0) is 11.3 Å². The molecule has 1 aliphatic heterocycles. The van der Waals surface area contributed by atoms with E-state index < -0.39 is 0 Å². The minimum absolute atomic E-state index is 0.106. The number of carbonyl (C=O) groups excluding carboxylic acids is 2. The van der Waals surface area contributed by atoms with Gasteiger partial charge >= 0.3 is 6.03 Å². The fraction of sp³-hybridized carbons (Fsp3) is 0.389. The van der Waals surface area contributed by atoms with Crippen molar-refractivity contribution in [3.8, 4) is 0 Å². The van der Waals surface area contributed by atoms with Crippen molar-refractivity contribution in [3.05, 3.63) is 45.4 Å². The second-order valence-electron chi connectivity index (χ2n) is 6.13. The number of anilines is 1. The number of amides is 3. The Hall–Kier alpha value is -2.16. The molecule has 3 amide bonds. The zero-order valence-corrected chi connectivity index (χ0v) is 16.6. The Balaban J connectivity index is 1.57. The zero-order valence-electron chi connectivity index (χ0n) is 15.0. The molecule has 0 atom stereocenters. The van der Waals surface area contributed by atoms with Gasteiger partial charge < -0.3 is 19.9 Å². The van der Waals surface area contributed by atoms with Gasteiger partial charge in [-0.1, -0.05) is 17.7 Å². The number of carbonyl (C=O) groups is 2. The monoisotopic (exact) mass is 408 g/mol. The summed E-state index contributed by atoms with van der Waals surface area (Å²) >= 11 is 7.36. The van der Waals surface area contributed by atoms with Crippen LogP contribution in [0.5, 0.6) is 0 Å². The highest BCUT2D eigenvalue weighted by atomic mass is 35.5. The van der Waals surface area contributed by atoms with Gasteiger partial charge in [-0.05, 0) is 24.6 Å². The largest absolute Gasteiger partial charge is 0.378 e. The van der Waals surface area contributed by atoms with Crippen molar-refractivity contribution in [2.45, 2.75) is 13.0 Å². The van der Waals surface area contributed by atoms with Crippen LogP contribution in [0, 0.1) is 0 Å². The first-order chi connectivity index (χ1) is 13.1. The van der Waals surface area contributed by atoms with E-state index in [0.717, 1.165) is 5.01 Å². The molecule has 0 spiro atoms. The zero-order chi connectivity index (χ0) is 19.2. The maximum absolute atomic E-state index is 12.7. The first kappa shape index (κ1) is 19.6. The van der Waals surface area contributed by atoms with E-state index >= 15 is 0 Å². The molecule has 1 aromatic carbocycles. The molecule has 2 heterocycles. The minimum Gasteiger partial charge on any atom is -0.378 e. The predicted molar refractivity (Wildman–Crippen MR) is 105 cm³/mol. The molecule has 1 aliphatic rings. The molecule has 1 fully saturated rings. The summed E-state index contributed by atoms with van der Waals surface area (Å²) in [6.07, 6.45) is 0.712. The number of hydrogen-bond donors (Lipinski definition) is 1. The summed E-state index contributed by atoms with van der Waals surface area (Å²) in [5, 5.41) is 5.95. The lowest BCUT2D eigenvalue weighted by Gasteiger charge is -2.22. The molecule has 3 rings (SSSR count). The van der Waals surface area contributed by atoms with Crippen molar-refractivity contribution in [2.75, 3.05) is 38.6 Å². The summed E-state index contributed by atoms with van der Waals surface area (Å²) in [4.78, 5) is 33.0. The highest BCUT2D eigenvalue weighted by Gasteiger charge is 2.24. The first-order valence-corrected chi connectivity index (χ1v) is 9.86. The van der Waals surface area contributed by atoms with Gasteiger partial charge in [-0.25, -0.2) is 9.78 Å². The number of nitrogens with zero attached hydrogens (tertiary/aromatic N) is 3. The van der Waals surface area contributed by atoms with E-state index in [-0.39, 0.29) is 11.9 Å². The lowest BCUT2D eigenvalue weighted by molar-refractivity contribution is 0.0757. The van der Waals surface area contributed by atoms with E-state index in [2.05, 4.69) is 10.3 Å². The van der Waals surface area contributed by atoms with E-state index in [4.69, 9.17) is 16.3 Å². The van der Waals surface area contributed by atoms with E-state index in [9.17, 15) is 9.59 Å². The third-order valence-electron chi connectivity index (χ3n) is 4.18. The summed E-state index contributed by atoms with van der Waals surface area (Å²) in [5.74, 6) is -0.106.